The molecule has 0 aromatic carbocycles. The van der Waals surface area contributed by atoms with E-state index in [2.05, 4.69) is 15.5 Å². The van der Waals surface area contributed by atoms with E-state index in [1.165, 1.54) is 4.57 Å². The lowest BCUT2D eigenvalue weighted by Crippen LogP contribution is -2.31. The number of carboxylic acid groups (broad SMARTS) is 1. The van der Waals surface area contributed by atoms with Gasteiger partial charge in [0.15, 0.2) is 11.0 Å². The van der Waals surface area contributed by atoms with Gasteiger partial charge in [0.25, 0.3) is 0 Å². The number of hydrogen-bond acceptors (Lipinski definition) is 6. The molecule has 0 atom stereocenters. The lowest BCUT2D eigenvalue weighted by molar-refractivity contribution is -0.133. The average Bonchev–Trinajstić information content (AvgIpc) is 2.76. The number of aromatic nitrogens is 3. The smallest absolute Gasteiger partial charge is 0.313 e. The molecule has 3 N–H and O–H groups in total. The van der Waals surface area contributed by atoms with Crippen LogP contribution in [-0.4, -0.2) is 49.2 Å². The van der Waals surface area contributed by atoms with Gasteiger partial charge in [-0.25, -0.2) is 0 Å². The fourth-order valence-corrected chi connectivity index (χ4v) is 2.02. The third-order valence-corrected chi connectivity index (χ3v) is 3.22. The van der Waals surface area contributed by atoms with Crippen LogP contribution in [-0.2, 0) is 22.7 Å². The normalized spacial score (nSPS) is 10.8. The quantitative estimate of drug-likeness (QED) is 0.565. The molecule has 1 aromatic rings. The van der Waals surface area contributed by atoms with E-state index in [9.17, 15) is 9.59 Å². The third-order valence-electron chi connectivity index (χ3n) is 2.27. The first kappa shape index (κ1) is 16.4. The highest BCUT2D eigenvalue weighted by molar-refractivity contribution is 7.99. The Kier molecular flexibility index (Phi) is 6.46. The predicted molar refractivity (Wildman–Crippen MR) is 72.2 cm³/mol. The number of aliphatic hydroxyl groups excluding tert-OH is 1. The molecule has 1 amide bonds. The van der Waals surface area contributed by atoms with Crippen molar-refractivity contribution in [3.8, 4) is 0 Å². The van der Waals surface area contributed by atoms with Gasteiger partial charge in [0.05, 0.1) is 5.75 Å². The van der Waals surface area contributed by atoms with Crippen LogP contribution in [0.15, 0.2) is 5.16 Å². The minimum Gasteiger partial charge on any atom is -0.481 e. The van der Waals surface area contributed by atoms with Crippen molar-refractivity contribution in [1.82, 2.24) is 20.1 Å². The Bertz CT molecular complexity index is 475. The summed E-state index contributed by atoms with van der Waals surface area (Å²) in [6.07, 6.45) is 0. The van der Waals surface area contributed by atoms with Gasteiger partial charge in [0.2, 0.25) is 5.91 Å². The molecule has 0 aliphatic heterocycles. The van der Waals surface area contributed by atoms with E-state index in [1.807, 2.05) is 13.8 Å². The van der Waals surface area contributed by atoms with Gasteiger partial charge in [0.1, 0.15) is 13.2 Å². The van der Waals surface area contributed by atoms with Crippen molar-refractivity contribution in [1.29, 1.82) is 0 Å². The largest absolute Gasteiger partial charge is 0.481 e. The second-order valence-corrected chi connectivity index (χ2v) is 5.47. The summed E-state index contributed by atoms with van der Waals surface area (Å²) in [4.78, 5) is 22.3. The maximum absolute atomic E-state index is 11.8. The number of aliphatic hydroxyl groups is 1. The molecule has 9 heteroatoms. The molecule has 1 rings (SSSR count). The Balaban J connectivity index is 2.72. The number of nitrogens with one attached hydrogen (secondary N) is 1. The van der Waals surface area contributed by atoms with Gasteiger partial charge in [-0.2, -0.15) is 0 Å². The molecule has 0 saturated heterocycles. The maximum Gasteiger partial charge on any atom is 0.313 e. The van der Waals surface area contributed by atoms with Crippen molar-refractivity contribution in [3.63, 3.8) is 0 Å². The monoisotopic (exact) mass is 302 g/mol. The lowest BCUT2D eigenvalue weighted by atomic mass is 10.2. The summed E-state index contributed by atoms with van der Waals surface area (Å²) >= 11 is 0.956. The van der Waals surface area contributed by atoms with E-state index < -0.39 is 5.97 Å². The van der Waals surface area contributed by atoms with E-state index in [4.69, 9.17) is 10.2 Å². The molecule has 0 aliphatic rings. The van der Waals surface area contributed by atoms with Gasteiger partial charge in [-0.05, 0) is 5.92 Å². The molecule has 0 spiro atoms. The van der Waals surface area contributed by atoms with E-state index in [-0.39, 0.29) is 30.6 Å². The maximum atomic E-state index is 11.8. The minimum absolute atomic E-state index is 0.0441. The van der Waals surface area contributed by atoms with Crippen LogP contribution in [0, 0.1) is 5.92 Å². The number of carbonyl (C=O) groups excluding carboxylic acids is 1. The molecule has 8 nitrogen and oxygen atoms in total. The van der Waals surface area contributed by atoms with Crippen molar-refractivity contribution in [2.75, 3.05) is 12.3 Å². The number of carbonyl (C=O) groups is 2. The first-order valence-corrected chi connectivity index (χ1v) is 7.06. The summed E-state index contributed by atoms with van der Waals surface area (Å²) in [6, 6.07) is 0. The molecule has 0 radical (unpaired) electrons. The highest BCUT2D eigenvalue weighted by Crippen LogP contribution is 2.16. The second-order valence-electron chi connectivity index (χ2n) is 4.52. The fourth-order valence-electron chi connectivity index (χ4n) is 1.35. The number of amides is 1. The standard InChI is InChI=1S/C11H18N4O4S/c1-7(2)3-12-9(17)4-15-8(5-16)13-14-11(15)20-6-10(18)19/h7,16H,3-6H2,1-2H3,(H,12,17)(H,18,19). The van der Waals surface area contributed by atoms with Crippen molar-refractivity contribution < 1.29 is 19.8 Å². The van der Waals surface area contributed by atoms with Gasteiger partial charge in [0, 0.05) is 6.54 Å². The lowest BCUT2D eigenvalue weighted by Gasteiger charge is -2.10. The van der Waals surface area contributed by atoms with Gasteiger partial charge in [-0.15, -0.1) is 10.2 Å². The first-order valence-electron chi connectivity index (χ1n) is 6.08. The summed E-state index contributed by atoms with van der Waals surface area (Å²) in [5.74, 6) is -0.836. The van der Waals surface area contributed by atoms with Crippen molar-refractivity contribution in [2.24, 2.45) is 5.92 Å². The SMILES string of the molecule is CC(C)CNC(=O)Cn1c(CO)nnc1SCC(=O)O. The molecule has 1 heterocycles. The first-order chi connectivity index (χ1) is 9.43. The highest BCUT2D eigenvalue weighted by atomic mass is 32.2. The van der Waals surface area contributed by atoms with Crippen LogP contribution in [0.5, 0.6) is 0 Å². The van der Waals surface area contributed by atoms with E-state index in [0.29, 0.717) is 17.6 Å². The van der Waals surface area contributed by atoms with Crippen LogP contribution in [0.3, 0.4) is 0 Å². The van der Waals surface area contributed by atoms with E-state index in [1.54, 1.807) is 0 Å². The Morgan fingerprint density at radius 3 is 2.65 bits per heavy atom. The highest BCUT2D eigenvalue weighted by Gasteiger charge is 2.16. The second kappa shape index (κ2) is 7.85. The Morgan fingerprint density at radius 1 is 1.40 bits per heavy atom. The molecule has 0 bridgehead atoms. The molecule has 0 aliphatic carbocycles. The van der Waals surface area contributed by atoms with Gasteiger partial charge < -0.3 is 15.5 Å². The molecule has 1 aromatic heterocycles. The number of rotatable bonds is 8. The number of carboxylic acids is 1. The zero-order valence-corrected chi connectivity index (χ0v) is 12.2. The van der Waals surface area contributed by atoms with Gasteiger partial charge >= 0.3 is 5.97 Å². The topological polar surface area (TPSA) is 117 Å². The van der Waals surface area contributed by atoms with Crippen molar-refractivity contribution >= 4 is 23.6 Å². The van der Waals surface area contributed by atoms with Crippen LogP contribution >= 0.6 is 11.8 Å². The summed E-state index contributed by atoms with van der Waals surface area (Å²) in [7, 11) is 0. The van der Waals surface area contributed by atoms with Gasteiger partial charge in [-0.3, -0.25) is 14.2 Å². The number of aliphatic carboxylic acids is 1. The summed E-state index contributed by atoms with van der Waals surface area (Å²) in [6.45, 7) is 4.10. The summed E-state index contributed by atoms with van der Waals surface area (Å²) < 4.78 is 1.42. The molecule has 112 valence electrons. The zero-order valence-electron chi connectivity index (χ0n) is 11.4. The van der Waals surface area contributed by atoms with Crippen LogP contribution in [0.4, 0.5) is 0 Å². The van der Waals surface area contributed by atoms with E-state index >= 15 is 0 Å². The van der Waals surface area contributed by atoms with E-state index in [0.717, 1.165) is 11.8 Å². The Morgan fingerprint density at radius 2 is 2.10 bits per heavy atom. The van der Waals surface area contributed by atoms with Crippen molar-refractivity contribution in [3.05, 3.63) is 5.82 Å². The zero-order chi connectivity index (χ0) is 15.1. The average molecular weight is 302 g/mol. The molecule has 0 saturated carbocycles. The predicted octanol–water partition coefficient (Wildman–Crippen LogP) is -0.281. The number of nitrogens with zero attached hydrogens (tertiary/aromatic N) is 3. The fraction of sp³-hybridized carbons (Fsp3) is 0.636. The number of hydrogen-bond donors (Lipinski definition) is 3. The molecular weight excluding hydrogens is 284 g/mol. The molecule has 0 fully saturated rings. The third kappa shape index (κ3) is 5.17. The van der Waals surface area contributed by atoms with Crippen LogP contribution in [0.2, 0.25) is 0 Å². The molecule has 0 unspecified atom stereocenters. The number of thioether (sulfide) groups is 1. The van der Waals surface area contributed by atoms with Crippen molar-refractivity contribution in [2.45, 2.75) is 32.2 Å². The molecule has 20 heavy (non-hydrogen) atoms. The van der Waals surface area contributed by atoms with Crippen LogP contribution in [0.1, 0.15) is 19.7 Å². The Hall–Kier alpha value is -1.61. The summed E-state index contributed by atoms with van der Waals surface area (Å²) in [5, 5.41) is 28.4. The summed E-state index contributed by atoms with van der Waals surface area (Å²) in [5.41, 5.74) is 0. The molecular formula is C11H18N4O4S. The van der Waals surface area contributed by atoms with Gasteiger partial charge in [-0.1, -0.05) is 25.6 Å². The Labute approximate surface area is 120 Å². The van der Waals surface area contributed by atoms with Crippen LogP contribution in [0.25, 0.3) is 0 Å². The minimum atomic E-state index is -0.987. The van der Waals surface area contributed by atoms with Crippen LogP contribution < -0.4 is 5.32 Å².